The van der Waals surface area contributed by atoms with Crippen LogP contribution in [0.15, 0.2) is 18.2 Å². The maximum Gasteiger partial charge on any atom is 0.222 e. The summed E-state index contributed by atoms with van der Waals surface area (Å²) < 4.78 is 20.1. The third-order valence-corrected chi connectivity index (χ3v) is 7.62. The van der Waals surface area contributed by atoms with Crippen molar-refractivity contribution >= 4 is 11.6 Å². The summed E-state index contributed by atoms with van der Waals surface area (Å²) in [6.45, 7) is 9.29. The molecule has 1 N–H and O–H groups in total. The van der Waals surface area contributed by atoms with Crippen LogP contribution in [0.5, 0.6) is 0 Å². The maximum atomic E-state index is 14.7. The molecule has 1 amide bonds. The van der Waals surface area contributed by atoms with Gasteiger partial charge in [0, 0.05) is 39.1 Å². The highest BCUT2D eigenvalue weighted by Crippen LogP contribution is 2.34. The average Bonchev–Trinajstić information content (AvgIpc) is 3.33. The predicted molar refractivity (Wildman–Crippen MR) is 135 cm³/mol. The lowest BCUT2D eigenvalue weighted by molar-refractivity contribution is -0.174. The number of halogens is 1. The van der Waals surface area contributed by atoms with Gasteiger partial charge in [-0.25, -0.2) is 4.39 Å². The molecule has 0 aliphatic carbocycles. The van der Waals surface area contributed by atoms with Gasteiger partial charge in [-0.05, 0) is 42.9 Å². The molecular formula is C27H43FN4O3. The number of carbonyl (C=O) groups excluding carboxylic acids is 1. The molecule has 3 heterocycles. The predicted octanol–water partition coefficient (Wildman–Crippen LogP) is 4.44. The van der Waals surface area contributed by atoms with E-state index in [2.05, 4.69) is 22.2 Å². The summed E-state index contributed by atoms with van der Waals surface area (Å²) in [5.41, 5.74) is 1.57. The summed E-state index contributed by atoms with van der Waals surface area (Å²) >= 11 is 0. The van der Waals surface area contributed by atoms with E-state index in [1.165, 1.54) is 25.7 Å². The van der Waals surface area contributed by atoms with Crippen LogP contribution < -0.4 is 10.2 Å². The van der Waals surface area contributed by atoms with Crippen molar-refractivity contribution in [2.75, 3.05) is 50.8 Å². The molecule has 1 aromatic rings. The molecule has 35 heavy (non-hydrogen) atoms. The van der Waals surface area contributed by atoms with E-state index in [4.69, 9.17) is 9.57 Å². The number of likely N-dealkylation sites (tertiary alicyclic amines) is 1. The molecule has 0 spiro atoms. The topological polar surface area (TPSA) is 57.3 Å². The number of piperidine rings is 1. The van der Waals surface area contributed by atoms with E-state index < -0.39 is 0 Å². The van der Waals surface area contributed by atoms with Crippen LogP contribution in [0.2, 0.25) is 0 Å². The normalized spacial score (nSPS) is 24.3. The van der Waals surface area contributed by atoms with E-state index in [-0.39, 0.29) is 24.1 Å². The number of unbranched alkanes of at least 4 members (excludes halogenated alkanes) is 4. The van der Waals surface area contributed by atoms with E-state index >= 15 is 0 Å². The maximum absolute atomic E-state index is 14.7. The zero-order chi connectivity index (χ0) is 24.6. The number of hydrogen-bond donors (Lipinski definition) is 1. The molecule has 7 nitrogen and oxygen atoms in total. The molecule has 196 valence electrons. The molecule has 8 heteroatoms. The number of carbonyl (C=O) groups is 1. The van der Waals surface area contributed by atoms with Crippen LogP contribution in [-0.2, 0) is 14.4 Å². The Balaban J connectivity index is 1.44. The van der Waals surface area contributed by atoms with E-state index in [1.54, 1.807) is 6.07 Å². The number of amides is 1. The number of morpholine rings is 1. The fourth-order valence-corrected chi connectivity index (χ4v) is 5.49. The minimum absolute atomic E-state index is 0.0990. The minimum atomic E-state index is -0.300. The molecule has 0 aromatic heterocycles. The van der Waals surface area contributed by atoms with Crippen molar-refractivity contribution < 1.29 is 18.8 Å². The minimum Gasteiger partial charge on any atom is -0.378 e. The second-order valence-corrected chi connectivity index (χ2v) is 10.0. The fourth-order valence-electron chi connectivity index (χ4n) is 5.49. The lowest BCUT2D eigenvalue weighted by atomic mass is 9.93. The van der Waals surface area contributed by atoms with Crippen LogP contribution in [0, 0.1) is 11.7 Å². The smallest absolute Gasteiger partial charge is 0.222 e. The Hall–Kier alpha value is -1.74. The fraction of sp³-hybridized carbons (Fsp3) is 0.741. The number of nitrogens with zero attached hydrogens (tertiary/aromatic N) is 3. The van der Waals surface area contributed by atoms with Gasteiger partial charge in [-0.2, -0.15) is 5.06 Å². The van der Waals surface area contributed by atoms with Crippen LogP contribution in [0.1, 0.15) is 77.0 Å². The number of anilines is 1. The zero-order valence-corrected chi connectivity index (χ0v) is 21.5. The first kappa shape index (κ1) is 26.3. The van der Waals surface area contributed by atoms with E-state index in [9.17, 15) is 9.18 Å². The van der Waals surface area contributed by atoms with Crippen molar-refractivity contribution in [1.29, 1.82) is 0 Å². The molecule has 0 bridgehead atoms. The lowest BCUT2D eigenvalue weighted by Crippen LogP contribution is -2.48. The number of ether oxygens (including phenoxy) is 1. The standard InChI is InChI=1S/C27H43FN4O3/c1-3-5-6-7-8-13-32-26(21-11-14-31(15-12-21)25(33)4-2)29-27(35-32)22-9-10-23(28)24(20-22)30-16-18-34-19-17-30/h9-10,20-21,26-27,29H,3-8,11-19H2,1-2H3. The summed E-state index contributed by atoms with van der Waals surface area (Å²) in [7, 11) is 0. The first-order chi connectivity index (χ1) is 17.1. The third-order valence-electron chi connectivity index (χ3n) is 7.62. The molecule has 4 rings (SSSR count). The van der Waals surface area contributed by atoms with Gasteiger partial charge < -0.3 is 14.5 Å². The van der Waals surface area contributed by atoms with Gasteiger partial charge in [0.1, 0.15) is 5.82 Å². The molecule has 3 aliphatic rings. The molecule has 3 aliphatic heterocycles. The number of nitrogens with one attached hydrogen (secondary N) is 1. The van der Waals surface area contributed by atoms with Crippen molar-refractivity contribution in [2.45, 2.75) is 77.6 Å². The summed E-state index contributed by atoms with van der Waals surface area (Å²) in [5.74, 6) is 0.452. The summed E-state index contributed by atoms with van der Waals surface area (Å²) in [6, 6.07) is 5.33. The monoisotopic (exact) mass is 490 g/mol. The van der Waals surface area contributed by atoms with E-state index in [0.29, 0.717) is 44.3 Å². The zero-order valence-electron chi connectivity index (χ0n) is 21.5. The Kier molecular flexibility index (Phi) is 9.77. The first-order valence-corrected chi connectivity index (χ1v) is 13.7. The molecule has 3 saturated heterocycles. The number of benzene rings is 1. The van der Waals surface area contributed by atoms with Crippen LogP contribution in [0.25, 0.3) is 0 Å². The van der Waals surface area contributed by atoms with Crippen LogP contribution in [0.3, 0.4) is 0 Å². The van der Waals surface area contributed by atoms with Crippen LogP contribution in [-0.4, -0.2) is 68.0 Å². The van der Waals surface area contributed by atoms with Gasteiger partial charge in [-0.15, -0.1) is 0 Å². The Bertz CT molecular complexity index is 812. The molecule has 2 atom stereocenters. The van der Waals surface area contributed by atoms with E-state index in [0.717, 1.165) is 44.5 Å². The molecule has 0 saturated carbocycles. The van der Waals surface area contributed by atoms with Gasteiger partial charge >= 0.3 is 0 Å². The summed E-state index contributed by atoms with van der Waals surface area (Å²) in [5, 5.41) is 5.86. The molecule has 2 unspecified atom stereocenters. The second-order valence-electron chi connectivity index (χ2n) is 10.0. The lowest BCUT2D eigenvalue weighted by Gasteiger charge is -2.36. The number of rotatable bonds is 10. The van der Waals surface area contributed by atoms with Gasteiger partial charge in [0.25, 0.3) is 0 Å². The van der Waals surface area contributed by atoms with Crippen molar-refractivity contribution in [3.8, 4) is 0 Å². The van der Waals surface area contributed by atoms with Crippen molar-refractivity contribution in [3.63, 3.8) is 0 Å². The van der Waals surface area contributed by atoms with Crippen LogP contribution in [0.4, 0.5) is 10.1 Å². The Morgan fingerprint density at radius 2 is 1.80 bits per heavy atom. The highest BCUT2D eigenvalue weighted by molar-refractivity contribution is 5.75. The van der Waals surface area contributed by atoms with Gasteiger partial charge in [-0.3, -0.25) is 14.9 Å². The van der Waals surface area contributed by atoms with Gasteiger partial charge in [0.15, 0.2) is 6.23 Å². The summed E-state index contributed by atoms with van der Waals surface area (Å²) in [4.78, 5) is 22.7. The molecule has 1 aromatic carbocycles. The highest BCUT2D eigenvalue weighted by Gasteiger charge is 2.40. The van der Waals surface area contributed by atoms with Gasteiger partial charge in [-0.1, -0.05) is 45.6 Å². The molecule has 3 fully saturated rings. The largest absolute Gasteiger partial charge is 0.378 e. The van der Waals surface area contributed by atoms with Crippen molar-refractivity contribution in [1.82, 2.24) is 15.3 Å². The quantitative estimate of drug-likeness (QED) is 0.490. The third kappa shape index (κ3) is 6.73. The SMILES string of the molecule is CCCCCCCN1OC(c2ccc(F)c(N3CCOCC3)c2)NC1C1CCN(C(=O)CC)CC1. The highest BCUT2D eigenvalue weighted by atomic mass is 19.1. The number of hydrogen-bond acceptors (Lipinski definition) is 6. The number of hydroxylamine groups is 2. The van der Waals surface area contributed by atoms with E-state index in [1.807, 2.05) is 24.0 Å². The molecular weight excluding hydrogens is 447 g/mol. The average molecular weight is 491 g/mol. The first-order valence-electron chi connectivity index (χ1n) is 13.7. The van der Waals surface area contributed by atoms with Crippen molar-refractivity contribution in [3.05, 3.63) is 29.6 Å². The van der Waals surface area contributed by atoms with Crippen LogP contribution >= 0.6 is 0 Å². The van der Waals surface area contributed by atoms with Gasteiger partial charge in [0.05, 0.1) is 25.1 Å². The molecule has 0 radical (unpaired) electrons. The Labute approximate surface area is 209 Å². The Morgan fingerprint density at radius 1 is 1.06 bits per heavy atom. The second kappa shape index (κ2) is 13.0. The van der Waals surface area contributed by atoms with Crippen molar-refractivity contribution in [2.24, 2.45) is 5.92 Å². The summed E-state index contributed by atoms with van der Waals surface area (Å²) in [6.07, 6.45) is 8.36. The van der Waals surface area contributed by atoms with Gasteiger partial charge in [0.2, 0.25) is 5.91 Å². The Morgan fingerprint density at radius 3 is 2.51 bits per heavy atom.